The average Bonchev–Trinajstić information content (AvgIpc) is 1.96. The summed E-state index contributed by atoms with van der Waals surface area (Å²) in [6.45, 7) is 5.24. The van der Waals surface area contributed by atoms with Crippen LogP contribution in [-0.2, 0) is 0 Å². The summed E-state index contributed by atoms with van der Waals surface area (Å²) in [6.07, 6.45) is 1.52. The standard InChI is InChI=1S/C7H11N5/c1-4(8)11-7-6(9)3-10-5(2)12-7/h3H,1,8-9H2,2H3,(H,10,11,12). The Morgan fingerprint density at radius 3 is 2.92 bits per heavy atom. The minimum Gasteiger partial charge on any atom is -0.394 e. The van der Waals surface area contributed by atoms with E-state index in [2.05, 4.69) is 21.9 Å². The van der Waals surface area contributed by atoms with Crippen LogP contribution in [0.2, 0.25) is 0 Å². The molecule has 0 aliphatic rings. The number of aromatic nitrogens is 2. The van der Waals surface area contributed by atoms with Crippen LogP contribution in [-0.4, -0.2) is 9.97 Å². The number of hydrogen-bond donors (Lipinski definition) is 3. The fourth-order valence-corrected chi connectivity index (χ4v) is 0.732. The number of anilines is 2. The molecular formula is C7H11N5. The third-order valence-corrected chi connectivity index (χ3v) is 1.22. The summed E-state index contributed by atoms with van der Waals surface area (Å²) < 4.78 is 0. The predicted octanol–water partition coefficient (Wildman–Crippen LogP) is 0.209. The van der Waals surface area contributed by atoms with Gasteiger partial charge in [0, 0.05) is 0 Å². The van der Waals surface area contributed by atoms with E-state index in [-0.39, 0.29) is 0 Å². The van der Waals surface area contributed by atoms with Crippen molar-refractivity contribution in [1.82, 2.24) is 9.97 Å². The molecule has 0 bridgehead atoms. The maximum Gasteiger partial charge on any atom is 0.158 e. The van der Waals surface area contributed by atoms with Crippen LogP contribution in [0.25, 0.3) is 0 Å². The summed E-state index contributed by atoms with van der Waals surface area (Å²) in [5.41, 5.74) is 11.3. The van der Waals surface area contributed by atoms with Crippen molar-refractivity contribution in [3.05, 3.63) is 24.4 Å². The number of nitrogens with one attached hydrogen (secondary N) is 1. The van der Waals surface area contributed by atoms with Crippen LogP contribution in [0.3, 0.4) is 0 Å². The zero-order valence-electron chi connectivity index (χ0n) is 6.83. The first-order chi connectivity index (χ1) is 5.59. The molecule has 0 saturated heterocycles. The van der Waals surface area contributed by atoms with Gasteiger partial charge in [0.1, 0.15) is 5.82 Å². The summed E-state index contributed by atoms with van der Waals surface area (Å²) in [5.74, 6) is 1.43. The zero-order valence-corrected chi connectivity index (χ0v) is 6.83. The quantitative estimate of drug-likeness (QED) is 0.582. The molecule has 0 spiro atoms. The average molecular weight is 165 g/mol. The Morgan fingerprint density at radius 2 is 2.33 bits per heavy atom. The van der Waals surface area contributed by atoms with Crippen molar-refractivity contribution < 1.29 is 0 Å². The van der Waals surface area contributed by atoms with Crippen LogP contribution >= 0.6 is 0 Å². The van der Waals surface area contributed by atoms with Gasteiger partial charge in [-0.3, -0.25) is 0 Å². The fourth-order valence-electron chi connectivity index (χ4n) is 0.732. The molecule has 1 aromatic rings. The predicted molar refractivity (Wildman–Crippen MR) is 48.1 cm³/mol. The molecular weight excluding hydrogens is 154 g/mol. The zero-order chi connectivity index (χ0) is 9.14. The largest absolute Gasteiger partial charge is 0.394 e. The summed E-state index contributed by atoms with van der Waals surface area (Å²) in [7, 11) is 0. The van der Waals surface area contributed by atoms with E-state index in [0.29, 0.717) is 23.2 Å². The van der Waals surface area contributed by atoms with Gasteiger partial charge in [-0.05, 0) is 6.92 Å². The van der Waals surface area contributed by atoms with Crippen LogP contribution in [0, 0.1) is 6.92 Å². The van der Waals surface area contributed by atoms with Gasteiger partial charge in [-0.2, -0.15) is 0 Å². The molecule has 1 aromatic heterocycles. The van der Waals surface area contributed by atoms with Crippen LogP contribution in [0.4, 0.5) is 11.5 Å². The van der Waals surface area contributed by atoms with E-state index in [0.717, 1.165) is 0 Å². The molecule has 0 fully saturated rings. The van der Waals surface area contributed by atoms with Gasteiger partial charge in [0.25, 0.3) is 0 Å². The third-order valence-electron chi connectivity index (χ3n) is 1.22. The van der Waals surface area contributed by atoms with Crippen molar-refractivity contribution in [2.24, 2.45) is 5.73 Å². The molecule has 0 saturated carbocycles. The molecule has 0 atom stereocenters. The molecule has 64 valence electrons. The second kappa shape index (κ2) is 3.08. The highest BCUT2D eigenvalue weighted by molar-refractivity contribution is 5.61. The number of nitrogen functional groups attached to an aromatic ring is 1. The van der Waals surface area contributed by atoms with Gasteiger partial charge in [-0.25, -0.2) is 9.97 Å². The SMILES string of the molecule is C=C(N)Nc1nc(C)ncc1N. The lowest BCUT2D eigenvalue weighted by Crippen LogP contribution is -2.11. The molecule has 1 heterocycles. The van der Waals surface area contributed by atoms with Gasteiger partial charge in [0.15, 0.2) is 5.82 Å². The smallest absolute Gasteiger partial charge is 0.158 e. The second-order valence-corrected chi connectivity index (χ2v) is 2.37. The Hall–Kier alpha value is -1.78. The van der Waals surface area contributed by atoms with E-state index in [4.69, 9.17) is 11.5 Å². The maximum absolute atomic E-state index is 5.55. The molecule has 0 radical (unpaired) electrons. The monoisotopic (exact) mass is 165 g/mol. The molecule has 5 heteroatoms. The number of nitrogens with zero attached hydrogens (tertiary/aromatic N) is 2. The minimum atomic E-state index is 0.305. The highest BCUT2D eigenvalue weighted by Crippen LogP contribution is 2.13. The van der Waals surface area contributed by atoms with Crippen LogP contribution in [0.15, 0.2) is 18.6 Å². The number of aryl methyl sites for hydroxylation is 1. The molecule has 0 aliphatic heterocycles. The van der Waals surface area contributed by atoms with E-state index in [1.807, 2.05) is 0 Å². The Bertz CT molecular complexity index is 307. The minimum absolute atomic E-state index is 0.305. The summed E-state index contributed by atoms with van der Waals surface area (Å²) in [4.78, 5) is 7.92. The van der Waals surface area contributed by atoms with E-state index < -0.39 is 0 Å². The Labute approximate surface area is 70.5 Å². The lowest BCUT2D eigenvalue weighted by Gasteiger charge is -2.06. The van der Waals surface area contributed by atoms with Crippen molar-refractivity contribution in [3.63, 3.8) is 0 Å². The van der Waals surface area contributed by atoms with Crippen molar-refractivity contribution in [2.75, 3.05) is 11.1 Å². The van der Waals surface area contributed by atoms with Gasteiger partial charge in [0.05, 0.1) is 17.7 Å². The molecule has 0 amide bonds. The lowest BCUT2D eigenvalue weighted by atomic mass is 10.4. The molecule has 12 heavy (non-hydrogen) atoms. The topological polar surface area (TPSA) is 89.8 Å². The van der Waals surface area contributed by atoms with Gasteiger partial charge in [0.2, 0.25) is 0 Å². The van der Waals surface area contributed by atoms with Crippen LogP contribution < -0.4 is 16.8 Å². The summed E-state index contributed by atoms with van der Waals surface area (Å²) in [5, 5.41) is 2.72. The molecule has 1 rings (SSSR count). The van der Waals surface area contributed by atoms with Crippen molar-refractivity contribution in [2.45, 2.75) is 6.92 Å². The first-order valence-corrected chi connectivity index (χ1v) is 3.40. The van der Waals surface area contributed by atoms with E-state index in [1.54, 1.807) is 6.92 Å². The van der Waals surface area contributed by atoms with Crippen molar-refractivity contribution >= 4 is 11.5 Å². The van der Waals surface area contributed by atoms with Gasteiger partial charge in [-0.15, -0.1) is 0 Å². The van der Waals surface area contributed by atoms with Crippen LogP contribution in [0.1, 0.15) is 5.82 Å². The third kappa shape index (κ3) is 1.85. The fraction of sp³-hybridized carbons (Fsp3) is 0.143. The Morgan fingerprint density at radius 1 is 1.67 bits per heavy atom. The molecule has 0 unspecified atom stereocenters. The molecule has 5 N–H and O–H groups in total. The number of nitrogens with two attached hydrogens (primary N) is 2. The normalized spacial score (nSPS) is 9.42. The first-order valence-electron chi connectivity index (χ1n) is 3.40. The highest BCUT2D eigenvalue weighted by atomic mass is 15.1. The molecule has 5 nitrogen and oxygen atoms in total. The van der Waals surface area contributed by atoms with Crippen molar-refractivity contribution in [1.29, 1.82) is 0 Å². The lowest BCUT2D eigenvalue weighted by molar-refractivity contribution is 1.05. The summed E-state index contributed by atoms with van der Waals surface area (Å²) >= 11 is 0. The van der Waals surface area contributed by atoms with Crippen molar-refractivity contribution in [3.8, 4) is 0 Å². The Balaban J connectivity index is 2.97. The van der Waals surface area contributed by atoms with Gasteiger partial charge >= 0.3 is 0 Å². The van der Waals surface area contributed by atoms with Crippen LogP contribution in [0.5, 0.6) is 0 Å². The molecule has 0 aromatic carbocycles. The number of hydrogen-bond acceptors (Lipinski definition) is 5. The highest BCUT2D eigenvalue weighted by Gasteiger charge is 2.00. The van der Waals surface area contributed by atoms with Gasteiger partial charge in [-0.1, -0.05) is 6.58 Å². The Kier molecular flexibility index (Phi) is 2.14. The van der Waals surface area contributed by atoms with E-state index >= 15 is 0 Å². The molecule has 0 aliphatic carbocycles. The van der Waals surface area contributed by atoms with E-state index in [9.17, 15) is 0 Å². The maximum atomic E-state index is 5.55. The van der Waals surface area contributed by atoms with Gasteiger partial charge < -0.3 is 16.8 Å². The van der Waals surface area contributed by atoms with E-state index in [1.165, 1.54) is 6.20 Å². The summed E-state index contributed by atoms with van der Waals surface area (Å²) in [6, 6.07) is 0. The number of rotatable bonds is 2. The first kappa shape index (κ1) is 8.32. The second-order valence-electron chi connectivity index (χ2n) is 2.37.